The Bertz CT molecular complexity index is 971. The van der Waals surface area contributed by atoms with Crippen LogP contribution in [0.15, 0.2) is 48.2 Å². The molecule has 2 aromatic rings. The lowest BCUT2D eigenvalue weighted by Crippen LogP contribution is -2.35. The van der Waals surface area contributed by atoms with Crippen molar-refractivity contribution in [3.8, 4) is 5.75 Å². The number of amides is 2. The number of hydrogen-bond acceptors (Lipinski definition) is 5. The maximum atomic E-state index is 13.4. The second kappa shape index (κ2) is 8.04. The van der Waals surface area contributed by atoms with Crippen LogP contribution in [0.5, 0.6) is 5.75 Å². The number of para-hydroxylation sites is 1. The molecule has 2 aromatic carbocycles. The lowest BCUT2D eigenvalue weighted by Gasteiger charge is -2.21. The highest BCUT2D eigenvalue weighted by molar-refractivity contribution is 6.46. The maximum absolute atomic E-state index is 13.4. The molecule has 7 heteroatoms. The summed E-state index contributed by atoms with van der Waals surface area (Å²) in [6.07, 6.45) is 0. The molecule has 146 valence electrons. The Kier molecular flexibility index (Phi) is 5.72. The molecule has 6 nitrogen and oxygen atoms in total. The zero-order valence-corrected chi connectivity index (χ0v) is 16.7. The molecule has 0 aliphatic carbocycles. The molecule has 0 fully saturated rings. The molecule has 1 heterocycles. The highest BCUT2D eigenvalue weighted by atomic mass is 35.5. The number of anilines is 1. The number of ether oxygens (including phenoxy) is 1. The van der Waals surface area contributed by atoms with Gasteiger partial charge in [0.15, 0.2) is 0 Å². The predicted octanol–water partition coefficient (Wildman–Crippen LogP) is 2.87. The molecule has 0 saturated heterocycles. The quantitative estimate of drug-likeness (QED) is 0.755. The number of halogens is 1. The summed E-state index contributed by atoms with van der Waals surface area (Å²) in [6.45, 7) is 1.81. The Balaban J connectivity index is 2.22. The van der Waals surface area contributed by atoms with Crippen molar-refractivity contribution < 1.29 is 19.4 Å². The lowest BCUT2D eigenvalue weighted by atomic mass is 10.0. The van der Waals surface area contributed by atoms with E-state index >= 15 is 0 Å². The first-order valence-electron chi connectivity index (χ1n) is 8.76. The van der Waals surface area contributed by atoms with Crippen LogP contribution in [0.25, 0.3) is 5.57 Å². The molecule has 0 aromatic heterocycles. The van der Waals surface area contributed by atoms with Crippen molar-refractivity contribution in [2.45, 2.75) is 6.92 Å². The number of methoxy groups -OCH3 is 1. The van der Waals surface area contributed by atoms with Crippen molar-refractivity contribution in [1.82, 2.24) is 4.90 Å². The van der Waals surface area contributed by atoms with Gasteiger partial charge in [-0.25, -0.2) is 4.90 Å². The fraction of sp³-hybridized carbons (Fsp3) is 0.238. The van der Waals surface area contributed by atoms with Crippen LogP contribution in [-0.4, -0.2) is 49.1 Å². The highest BCUT2D eigenvalue weighted by Gasteiger charge is 2.43. The molecule has 0 spiro atoms. The molecule has 1 aliphatic rings. The van der Waals surface area contributed by atoms with E-state index in [-0.39, 0.29) is 24.4 Å². The topological polar surface area (TPSA) is 70.1 Å². The zero-order chi connectivity index (χ0) is 20.4. The zero-order valence-electron chi connectivity index (χ0n) is 15.9. The van der Waals surface area contributed by atoms with E-state index in [4.69, 9.17) is 16.3 Å². The van der Waals surface area contributed by atoms with E-state index in [0.717, 1.165) is 4.90 Å². The van der Waals surface area contributed by atoms with Crippen LogP contribution in [0.2, 0.25) is 5.02 Å². The van der Waals surface area contributed by atoms with Gasteiger partial charge in [-0.2, -0.15) is 0 Å². The maximum Gasteiger partial charge on any atom is 0.282 e. The Morgan fingerprint density at radius 1 is 1.11 bits per heavy atom. The van der Waals surface area contributed by atoms with E-state index in [0.29, 0.717) is 27.6 Å². The van der Waals surface area contributed by atoms with Gasteiger partial charge in [-0.05, 0) is 30.7 Å². The van der Waals surface area contributed by atoms with Crippen LogP contribution in [0.1, 0.15) is 11.1 Å². The second-order valence-corrected chi connectivity index (χ2v) is 6.81. The summed E-state index contributed by atoms with van der Waals surface area (Å²) in [4.78, 5) is 29.5. The van der Waals surface area contributed by atoms with Crippen molar-refractivity contribution in [2.24, 2.45) is 0 Å². The van der Waals surface area contributed by atoms with E-state index in [9.17, 15) is 14.7 Å². The lowest BCUT2D eigenvalue weighted by molar-refractivity contribution is -0.120. The Morgan fingerprint density at radius 2 is 1.82 bits per heavy atom. The molecule has 1 N–H and O–H groups in total. The monoisotopic (exact) mass is 400 g/mol. The first-order chi connectivity index (χ1) is 13.4. The van der Waals surface area contributed by atoms with Gasteiger partial charge in [-0.1, -0.05) is 35.9 Å². The van der Waals surface area contributed by atoms with Crippen LogP contribution in [-0.2, 0) is 9.59 Å². The average molecular weight is 401 g/mol. The molecule has 0 saturated carbocycles. The Labute approximate surface area is 168 Å². The number of nitrogens with zero attached hydrogens (tertiary/aromatic N) is 2. The molecular formula is C21H21ClN2O4. The van der Waals surface area contributed by atoms with Gasteiger partial charge in [-0.3, -0.25) is 9.59 Å². The summed E-state index contributed by atoms with van der Waals surface area (Å²) in [6, 6.07) is 12.1. The molecule has 3 rings (SSSR count). The van der Waals surface area contributed by atoms with Crippen molar-refractivity contribution in [2.75, 3.05) is 32.2 Å². The van der Waals surface area contributed by atoms with Crippen LogP contribution in [0.4, 0.5) is 5.69 Å². The summed E-state index contributed by atoms with van der Waals surface area (Å²) in [5.41, 5.74) is 2.03. The van der Waals surface area contributed by atoms with E-state index in [1.807, 2.05) is 0 Å². The Hall–Kier alpha value is -2.83. The minimum atomic E-state index is -0.466. The van der Waals surface area contributed by atoms with Crippen LogP contribution >= 0.6 is 11.6 Å². The third-order valence-corrected chi connectivity index (χ3v) is 5.14. The number of likely N-dealkylation sites (N-methyl/N-ethyl adjacent to an activating group) is 1. The van der Waals surface area contributed by atoms with Crippen molar-refractivity contribution in [3.63, 3.8) is 0 Å². The van der Waals surface area contributed by atoms with E-state index in [2.05, 4.69) is 0 Å². The van der Waals surface area contributed by atoms with Gasteiger partial charge in [-0.15, -0.1) is 0 Å². The average Bonchev–Trinajstić information content (AvgIpc) is 2.94. The summed E-state index contributed by atoms with van der Waals surface area (Å²) < 4.78 is 5.41. The number of carbonyl (C=O) groups is 2. The normalized spacial score (nSPS) is 14.1. The van der Waals surface area contributed by atoms with Crippen molar-refractivity contribution in [1.29, 1.82) is 0 Å². The fourth-order valence-corrected chi connectivity index (χ4v) is 3.45. The molecule has 0 atom stereocenters. The van der Waals surface area contributed by atoms with Crippen LogP contribution in [0.3, 0.4) is 0 Å². The minimum Gasteiger partial charge on any atom is -0.496 e. The number of carbonyl (C=O) groups excluding carboxylic acids is 2. The van der Waals surface area contributed by atoms with Crippen molar-refractivity contribution >= 4 is 34.7 Å². The molecule has 0 unspecified atom stereocenters. The summed E-state index contributed by atoms with van der Waals surface area (Å²) >= 11 is 6.21. The van der Waals surface area contributed by atoms with Gasteiger partial charge in [0, 0.05) is 24.2 Å². The first kappa shape index (κ1) is 19.9. The number of hydrogen-bond donors (Lipinski definition) is 1. The number of benzene rings is 2. The van der Waals surface area contributed by atoms with E-state index < -0.39 is 11.8 Å². The standard InChI is InChI=1S/C21H21ClN2O4/c1-13-15(22)8-6-9-16(13)24-20(26)18(14-7-4-5-10-17(14)28-3)19(21(24)27)23(2)11-12-25/h4-10,25H,11-12H2,1-3H3. The van der Waals surface area contributed by atoms with E-state index in [1.165, 1.54) is 7.11 Å². The number of rotatable bonds is 6. The molecule has 28 heavy (non-hydrogen) atoms. The third kappa shape index (κ3) is 3.25. The number of aliphatic hydroxyl groups excluding tert-OH is 1. The molecule has 0 radical (unpaired) electrons. The Morgan fingerprint density at radius 3 is 2.50 bits per heavy atom. The van der Waals surface area contributed by atoms with Crippen molar-refractivity contribution in [3.05, 3.63) is 64.3 Å². The predicted molar refractivity (Wildman–Crippen MR) is 108 cm³/mol. The minimum absolute atomic E-state index is 0.156. The highest BCUT2D eigenvalue weighted by Crippen LogP contribution is 2.39. The molecule has 1 aliphatic heterocycles. The summed E-state index contributed by atoms with van der Waals surface area (Å²) in [5, 5.41) is 9.82. The molecule has 0 bridgehead atoms. The SMILES string of the molecule is COc1ccccc1C1=C(N(C)CCO)C(=O)N(c2cccc(Cl)c2C)C1=O. The van der Waals surface area contributed by atoms with Gasteiger partial charge in [0.25, 0.3) is 11.8 Å². The molecule has 2 amide bonds. The van der Waals surface area contributed by atoms with Gasteiger partial charge < -0.3 is 14.7 Å². The second-order valence-electron chi connectivity index (χ2n) is 6.40. The van der Waals surface area contributed by atoms with Gasteiger partial charge in [0.1, 0.15) is 11.4 Å². The van der Waals surface area contributed by atoms with Gasteiger partial charge in [0.2, 0.25) is 0 Å². The summed E-state index contributed by atoms with van der Waals surface area (Å²) in [7, 11) is 3.18. The van der Waals surface area contributed by atoms with Crippen LogP contribution in [0, 0.1) is 6.92 Å². The van der Waals surface area contributed by atoms with Gasteiger partial charge in [0.05, 0.1) is 25.0 Å². The smallest absolute Gasteiger partial charge is 0.282 e. The number of aliphatic hydroxyl groups is 1. The van der Waals surface area contributed by atoms with E-state index in [1.54, 1.807) is 61.3 Å². The van der Waals surface area contributed by atoms with Crippen LogP contribution < -0.4 is 9.64 Å². The first-order valence-corrected chi connectivity index (χ1v) is 9.13. The molecular weight excluding hydrogens is 380 g/mol. The largest absolute Gasteiger partial charge is 0.496 e. The fourth-order valence-electron chi connectivity index (χ4n) is 3.29. The van der Waals surface area contributed by atoms with Gasteiger partial charge >= 0.3 is 0 Å². The number of imide groups is 1. The summed E-state index contributed by atoms with van der Waals surface area (Å²) in [5.74, 6) is -0.440. The third-order valence-electron chi connectivity index (χ3n) is 4.73.